The van der Waals surface area contributed by atoms with Gasteiger partial charge in [-0.15, -0.1) is 0 Å². The van der Waals surface area contributed by atoms with E-state index in [1.54, 1.807) is 18.2 Å². The zero-order valence-corrected chi connectivity index (χ0v) is 8.39. The van der Waals surface area contributed by atoms with Crippen molar-refractivity contribution in [2.75, 3.05) is 0 Å². The van der Waals surface area contributed by atoms with Gasteiger partial charge in [0.25, 0.3) is 0 Å². The molecule has 5 heteroatoms. The summed E-state index contributed by atoms with van der Waals surface area (Å²) < 4.78 is 4.60. The Labute approximate surface area is 89.3 Å². The van der Waals surface area contributed by atoms with Crippen LogP contribution in [0.5, 0.6) is 0 Å². The van der Waals surface area contributed by atoms with Gasteiger partial charge in [-0.25, -0.2) is 4.79 Å². The Bertz CT molecular complexity index is 516. The Morgan fingerprint density at radius 2 is 2.00 bits per heavy atom. The second-order valence-electron chi connectivity index (χ2n) is 2.69. The molecule has 0 saturated heterocycles. The van der Waals surface area contributed by atoms with Crippen molar-refractivity contribution < 1.29 is 4.42 Å². The average Bonchev–Trinajstić information content (AvgIpc) is 2.57. The summed E-state index contributed by atoms with van der Waals surface area (Å²) in [5.41, 5.74) is 1.33. The van der Waals surface area contributed by atoms with Crippen LogP contribution in [0.1, 0.15) is 0 Å². The number of benzene rings is 1. The lowest BCUT2D eigenvalue weighted by molar-refractivity contribution is 0.515. The molecule has 72 valence electrons. The fourth-order valence-electron chi connectivity index (χ4n) is 1.09. The molecule has 0 atom stereocenters. The summed E-state index contributed by atoms with van der Waals surface area (Å²) in [6, 6.07) is 5.06. The number of rotatable bonds is 1. The number of oxazole rings is 1. The molecule has 14 heavy (non-hydrogen) atoms. The van der Waals surface area contributed by atoms with E-state index in [0.29, 0.717) is 15.7 Å². The summed E-state index contributed by atoms with van der Waals surface area (Å²) in [6.07, 6.45) is 1.34. The van der Waals surface area contributed by atoms with E-state index in [1.807, 2.05) is 0 Å². The Morgan fingerprint density at radius 1 is 1.21 bits per heavy atom. The molecular weight excluding hydrogens is 225 g/mol. The van der Waals surface area contributed by atoms with Crippen LogP contribution in [0.2, 0.25) is 10.0 Å². The normalized spacial score (nSPS) is 10.4. The van der Waals surface area contributed by atoms with E-state index in [1.165, 1.54) is 6.26 Å². The van der Waals surface area contributed by atoms with Crippen molar-refractivity contribution in [3.63, 3.8) is 0 Å². The van der Waals surface area contributed by atoms with Gasteiger partial charge in [-0.3, -0.25) is 4.98 Å². The number of hydrogen-bond acceptors (Lipinski definition) is 2. The van der Waals surface area contributed by atoms with Gasteiger partial charge in [0.15, 0.2) is 0 Å². The standard InChI is InChI=1S/C9H5Cl2NO2/c10-6-2-1-5(3-7(6)11)8-4-14-9(13)12-8/h1-4H,(H,12,13). The van der Waals surface area contributed by atoms with Gasteiger partial charge < -0.3 is 4.42 Å². The fraction of sp³-hybridized carbons (Fsp3) is 0. The molecule has 3 nitrogen and oxygen atoms in total. The SMILES string of the molecule is O=c1[nH]c(-c2ccc(Cl)c(Cl)c2)co1. The Hall–Kier alpha value is -1.19. The van der Waals surface area contributed by atoms with Crippen molar-refractivity contribution in [1.29, 1.82) is 0 Å². The minimum absolute atomic E-state index is 0.436. The highest BCUT2D eigenvalue weighted by molar-refractivity contribution is 6.42. The van der Waals surface area contributed by atoms with Crippen LogP contribution in [0, 0.1) is 0 Å². The minimum atomic E-state index is -0.494. The van der Waals surface area contributed by atoms with Crippen LogP contribution in [0.15, 0.2) is 33.7 Å². The molecule has 0 aliphatic rings. The van der Waals surface area contributed by atoms with E-state index in [2.05, 4.69) is 9.40 Å². The van der Waals surface area contributed by atoms with E-state index in [-0.39, 0.29) is 0 Å². The molecule has 0 bridgehead atoms. The van der Waals surface area contributed by atoms with Gasteiger partial charge in [-0.2, -0.15) is 0 Å². The highest BCUT2D eigenvalue weighted by Crippen LogP contribution is 2.26. The largest absolute Gasteiger partial charge is 0.416 e. The van der Waals surface area contributed by atoms with Crippen LogP contribution < -0.4 is 5.76 Å². The second-order valence-corrected chi connectivity index (χ2v) is 3.51. The Morgan fingerprint density at radius 3 is 2.57 bits per heavy atom. The van der Waals surface area contributed by atoms with Crippen molar-refractivity contribution in [2.45, 2.75) is 0 Å². The van der Waals surface area contributed by atoms with Gasteiger partial charge in [-0.1, -0.05) is 29.3 Å². The van der Waals surface area contributed by atoms with Crippen molar-refractivity contribution in [1.82, 2.24) is 4.98 Å². The average molecular weight is 230 g/mol. The maximum atomic E-state index is 10.7. The maximum Gasteiger partial charge on any atom is 0.416 e. The van der Waals surface area contributed by atoms with E-state index in [0.717, 1.165) is 5.56 Å². The Kier molecular flexibility index (Phi) is 2.35. The number of halogens is 2. The summed E-state index contributed by atoms with van der Waals surface area (Å²) in [5.74, 6) is -0.494. The molecule has 0 aliphatic heterocycles. The highest BCUT2D eigenvalue weighted by Gasteiger charge is 2.04. The molecule has 1 N–H and O–H groups in total. The van der Waals surface area contributed by atoms with Crippen molar-refractivity contribution in [2.24, 2.45) is 0 Å². The first-order chi connectivity index (χ1) is 6.66. The summed E-state index contributed by atoms with van der Waals surface area (Å²) in [5, 5.41) is 0.910. The molecule has 0 fully saturated rings. The van der Waals surface area contributed by atoms with E-state index >= 15 is 0 Å². The molecule has 1 aromatic heterocycles. The van der Waals surface area contributed by atoms with Gasteiger partial charge in [-0.05, 0) is 12.1 Å². The zero-order chi connectivity index (χ0) is 10.1. The van der Waals surface area contributed by atoms with Crippen molar-refractivity contribution >= 4 is 23.2 Å². The summed E-state index contributed by atoms with van der Waals surface area (Å²) in [7, 11) is 0. The lowest BCUT2D eigenvalue weighted by atomic mass is 10.2. The second kappa shape index (κ2) is 3.52. The summed E-state index contributed by atoms with van der Waals surface area (Å²) >= 11 is 11.6. The van der Waals surface area contributed by atoms with Crippen LogP contribution in [0.3, 0.4) is 0 Å². The third-order valence-electron chi connectivity index (χ3n) is 1.75. The van der Waals surface area contributed by atoms with E-state index in [4.69, 9.17) is 23.2 Å². The van der Waals surface area contributed by atoms with E-state index in [9.17, 15) is 4.79 Å². The molecule has 1 heterocycles. The molecule has 2 rings (SSSR count). The van der Waals surface area contributed by atoms with Crippen LogP contribution in [-0.4, -0.2) is 4.98 Å². The van der Waals surface area contributed by atoms with Crippen LogP contribution in [0.4, 0.5) is 0 Å². The number of H-pyrrole nitrogens is 1. The molecule has 0 radical (unpaired) electrons. The van der Waals surface area contributed by atoms with E-state index < -0.39 is 5.76 Å². The first kappa shape index (κ1) is 9.37. The van der Waals surface area contributed by atoms with Crippen LogP contribution in [0.25, 0.3) is 11.3 Å². The predicted molar refractivity (Wildman–Crippen MR) is 54.8 cm³/mol. The number of aromatic amines is 1. The Balaban J connectivity index is 2.52. The number of hydrogen-bond donors (Lipinski definition) is 1. The van der Waals surface area contributed by atoms with Crippen molar-refractivity contribution in [3.05, 3.63) is 45.1 Å². The van der Waals surface area contributed by atoms with Gasteiger partial charge >= 0.3 is 5.76 Å². The summed E-state index contributed by atoms with van der Waals surface area (Å²) in [4.78, 5) is 13.2. The molecule has 1 aromatic carbocycles. The van der Waals surface area contributed by atoms with Crippen LogP contribution >= 0.6 is 23.2 Å². The fourth-order valence-corrected chi connectivity index (χ4v) is 1.38. The smallest absolute Gasteiger partial charge is 0.416 e. The molecular formula is C9H5Cl2NO2. The van der Waals surface area contributed by atoms with Crippen molar-refractivity contribution in [3.8, 4) is 11.3 Å². The molecule has 0 aliphatic carbocycles. The predicted octanol–water partition coefficient (Wildman–Crippen LogP) is 2.94. The van der Waals surface area contributed by atoms with Gasteiger partial charge in [0, 0.05) is 5.56 Å². The molecule has 0 amide bonds. The monoisotopic (exact) mass is 229 g/mol. The van der Waals surface area contributed by atoms with Gasteiger partial charge in [0.2, 0.25) is 0 Å². The number of aromatic nitrogens is 1. The molecule has 0 spiro atoms. The molecule has 0 saturated carbocycles. The van der Waals surface area contributed by atoms with Gasteiger partial charge in [0.1, 0.15) is 6.26 Å². The third-order valence-corrected chi connectivity index (χ3v) is 2.49. The topological polar surface area (TPSA) is 46.0 Å². The zero-order valence-electron chi connectivity index (χ0n) is 6.88. The summed E-state index contributed by atoms with van der Waals surface area (Å²) in [6.45, 7) is 0. The molecule has 2 aromatic rings. The van der Waals surface area contributed by atoms with Gasteiger partial charge in [0.05, 0.1) is 15.7 Å². The first-order valence-electron chi connectivity index (χ1n) is 3.80. The lowest BCUT2D eigenvalue weighted by Gasteiger charge is -1.98. The quantitative estimate of drug-likeness (QED) is 0.818. The lowest BCUT2D eigenvalue weighted by Crippen LogP contribution is -1.94. The first-order valence-corrected chi connectivity index (χ1v) is 4.55. The minimum Gasteiger partial charge on any atom is -0.416 e. The van der Waals surface area contributed by atoms with Crippen LogP contribution in [-0.2, 0) is 0 Å². The third kappa shape index (κ3) is 1.69. The number of nitrogens with one attached hydrogen (secondary N) is 1. The maximum absolute atomic E-state index is 10.7. The molecule has 0 unspecified atom stereocenters. The highest BCUT2D eigenvalue weighted by atomic mass is 35.5.